The molecule has 1 aromatic carbocycles. The number of nitrogens with one attached hydrogen (secondary N) is 2. The Bertz CT molecular complexity index is 487. The van der Waals surface area contributed by atoms with Gasteiger partial charge in [0.2, 0.25) is 0 Å². The molecule has 24 heavy (non-hydrogen) atoms. The van der Waals surface area contributed by atoms with E-state index in [0.29, 0.717) is 19.8 Å². The molecule has 0 aliphatic carbocycles. The number of ether oxygens (including phenoxy) is 2. The van der Waals surface area contributed by atoms with Crippen molar-refractivity contribution in [1.82, 2.24) is 10.6 Å². The molecule has 1 aromatic rings. The molecule has 0 aliphatic rings. The highest BCUT2D eigenvalue weighted by Gasteiger charge is 2.06. The summed E-state index contributed by atoms with van der Waals surface area (Å²) in [5.74, 6) is 2.79. The molecule has 0 bridgehead atoms. The van der Waals surface area contributed by atoms with Crippen LogP contribution in [0.3, 0.4) is 0 Å². The maximum absolute atomic E-state index is 5.90. The van der Waals surface area contributed by atoms with E-state index in [1.807, 2.05) is 11.8 Å². The third-order valence-electron chi connectivity index (χ3n) is 3.24. The summed E-state index contributed by atoms with van der Waals surface area (Å²) >= 11 is 1.81. The van der Waals surface area contributed by atoms with Gasteiger partial charge in [0.25, 0.3) is 0 Å². The van der Waals surface area contributed by atoms with Crippen LogP contribution in [0.5, 0.6) is 5.75 Å². The second-order valence-corrected chi connectivity index (χ2v) is 6.14. The van der Waals surface area contributed by atoms with E-state index in [-0.39, 0.29) is 24.0 Å². The van der Waals surface area contributed by atoms with Gasteiger partial charge in [-0.05, 0) is 24.8 Å². The summed E-state index contributed by atoms with van der Waals surface area (Å²) in [6.45, 7) is 5.02. The fourth-order valence-corrected chi connectivity index (χ4v) is 2.30. The summed E-state index contributed by atoms with van der Waals surface area (Å²) in [6.07, 6.45) is 2.98. The molecular formula is C17H30IN3O2S. The number of guanidine groups is 1. The van der Waals surface area contributed by atoms with E-state index in [2.05, 4.69) is 47.0 Å². The molecular weight excluding hydrogens is 437 g/mol. The van der Waals surface area contributed by atoms with Crippen LogP contribution in [0.4, 0.5) is 0 Å². The number of aryl methyl sites for hydroxylation is 1. The van der Waals surface area contributed by atoms with E-state index < -0.39 is 0 Å². The highest BCUT2D eigenvalue weighted by Crippen LogP contribution is 2.20. The second-order valence-electron chi connectivity index (χ2n) is 5.15. The predicted octanol–water partition coefficient (Wildman–Crippen LogP) is 3.06. The van der Waals surface area contributed by atoms with Crippen LogP contribution in [-0.4, -0.2) is 51.9 Å². The Morgan fingerprint density at radius 1 is 1.25 bits per heavy atom. The number of halogens is 1. The van der Waals surface area contributed by atoms with Crippen molar-refractivity contribution < 1.29 is 9.47 Å². The number of nitrogens with zero attached hydrogens (tertiary/aromatic N) is 1. The van der Waals surface area contributed by atoms with Crippen molar-refractivity contribution in [1.29, 1.82) is 0 Å². The van der Waals surface area contributed by atoms with Crippen LogP contribution >= 0.6 is 35.7 Å². The van der Waals surface area contributed by atoms with Crippen LogP contribution in [0.2, 0.25) is 0 Å². The van der Waals surface area contributed by atoms with Gasteiger partial charge in [-0.2, -0.15) is 11.8 Å². The van der Waals surface area contributed by atoms with Crippen molar-refractivity contribution in [3.63, 3.8) is 0 Å². The van der Waals surface area contributed by atoms with Crippen molar-refractivity contribution in [2.45, 2.75) is 19.9 Å². The van der Waals surface area contributed by atoms with Crippen molar-refractivity contribution in [3.8, 4) is 5.75 Å². The maximum Gasteiger partial charge on any atom is 0.191 e. The van der Waals surface area contributed by atoms with Gasteiger partial charge >= 0.3 is 0 Å². The minimum Gasteiger partial charge on any atom is -0.493 e. The fraction of sp³-hybridized carbons (Fsp3) is 0.588. The zero-order chi connectivity index (χ0) is 16.9. The zero-order valence-electron chi connectivity index (χ0n) is 15.1. The molecule has 2 N–H and O–H groups in total. The third-order valence-corrected chi connectivity index (χ3v) is 3.85. The van der Waals surface area contributed by atoms with Crippen molar-refractivity contribution in [3.05, 3.63) is 29.3 Å². The van der Waals surface area contributed by atoms with Gasteiger partial charge in [0.1, 0.15) is 5.75 Å². The number of hydrogen-bond acceptors (Lipinski definition) is 4. The molecule has 0 saturated heterocycles. The Hall–Kier alpha value is -0.670. The number of benzene rings is 1. The summed E-state index contributed by atoms with van der Waals surface area (Å²) in [7, 11) is 3.49. The largest absolute Gasteiger partial charge is 0.493 e. The standard InChI is InChI=1S/C17H29N3O2S.HI/c1-14-6-7-15(16(12-14)22-10-5-9-21-3)13-20-17(18-2)19-8-11-23-4;/h6-7,12H,5,8-11,13H2,1-4H3,(H2,18,19,20);1H. The molecule has 0 amide bonds. The molecule has 138 valence electrons. The Morgan fingerprint density at radius 3 is 2.71 bits per heavy atom. The van der Waals surface area contributed by atoms with Crippen molar-refractivity contribution in [2.75, 3.05) is 45.9 Å². The van der Waals surface area contributed by atoms with Gasteiger partial charge in [-0.25, -0.2) is 0 Å². The minimum atomic E-state index is 0. The van der Waals surface area contributed by atoms with Gasteiger partial charge in [0.05, 0.1) is 6.61 Å². The number of aliphatic imine (C=N–C) groups is 1. The first kappa shape index (κ1) is 23.3. The van der Waals surface area contributed by atoms with E-state index >= 15 is 0 Å². The van der Waals surface area contributed by atoms with Crippen LogP contribution < -0.4 is 15.4 Å². The zero-order valence-corrected chi connectivity index (χ0v) is 18.2. The van der Waals surface area contributed by atoms with Gasteiger partial charge < -0.3 is 20.1 Å². The first-order chi connectivity index (χ1) is 11.2. The lowest BCUT2D eigenvalue weighted by atomic mass is 10.1. The highest BCUT2D eigenvalue weighted by atomic mass is 127. The Labute approximate surface area is 167 Å². The van der Waals surface area contributed by atoms with Gasteiger partial charge in [-0.15, -0.1) is 24.0 Å². The smallest absolute Gasteiger partial charge is 0.191 e. The highest BCUT2D eigenvalue weighted by molar-refractivity contribution is 14.0. The average molecular weight is 467 g/mol. The molecule has 0 fully saturated rings. The molecule has 7 heteroatoms. The number of methoxy groups -OCH3 is 1. The van der Waals surface area contributed by atoms with Crippen LogP contribution in [0.25, 0.3) is 0 Å². The Morgan fingerprint density at radius 2 is 2.04 bits per heavy atom. The minimum absolute atomic E-state index is 0. The van der Waals surface area contributed by atoms with E-state index in [0.717, 1.165) is 36.0 Å². The normalized spacial score (nSPS) is 10.9. The number of thioether (sulfide) groups is 1. The molecule has 5 nitrogen and oxygen atoms in total. The second kappa shape index (κ2) is 14.7. The lowest BCUT2D eigenvalue weighted by molar-refractivity contribution is 0.172. The molecule has 0 saturated carbocycles. The van der Waals surface area contributed by atoms with E-state index in [1.54, 1.807) is 14.2 Å². The molecule has 0 aromatic heterocycles. The third kappa shape index (κ3) is 9.58. The lowest BCUT2D eigenvalue weighted by Crippen LogP contribution is -2.38. The maximum atomic E-state index is 5.90. The Balaban J connectivity index is 0.00000529. The number of rotatable bonds is 10. The van der Waals surface area contributed by atoms with Crippen LogP contribution in [0.15, 0.2) is 23.2 Å². The summed E-state index contributed by atoms with van der Waals surface area (Å²) in [4.78, 5) is 4.24. The van der Waals surface area contributed by atoms with Gasteiger partial charge in [-0.3, -0.25) is 4.99 Å². The summed E-state index contributed by atoms with van der Waals surface area (Å²) in [6, 6.07) is 6.28. The van der Waals surface area contributed by atoms with E-state index in [4.69, 9.17) is 9.47 Å². The van der Waals surface area contributed by atoms with Gasteiger partial charge in [0, 0.05) is 51.6 Å². The topological polar surface area (TPSA) is 54.9 Å². The van der Waals surface area contributed by atoms with Crippen LogP contribution in [0.1, 0.15) is 17.5 Å². The van der Waals surface area contributed by atoms with Crippen molar-refractivity contribution in [2.24, 2.45) is 4.99 Å². The Kier molecular flexibility index (Phi) is 14.2. The lowest BCUT2D eigenvalue weighted by Gasteiger charge is -2.15. The first-order valence-corrected chi connectivity index (χ1v) is 9.25. The molecule has 0 atom stereocenters. The summed E-state index contributed by atoms with van der Waals surface area (Å²) in [5.41, 5.74) is 2.32. The molecule has 0 unspecified atom stereocenters. The summed E-state index contributed by atoms with van der Waals surface area (Å²) < 4.78 is 11.0. The SMILES string of the molecule is CN=C(NCCSC)NCc1ccc(C)cc1OCCCOC.I. The van der Waals surface area contributed by atoms with Gasteiger partial charge in [0.15, 0.2) is 5.96 Å². The van der Waals surface area contributed by atoms with Crippen molar-refractivity contribution >= 4 is 41.7 Å². The van der Waals surface area contributed by atoms with E-state index in [1.165, 1.54) is 5.56 Å². The van der Waals surface area contributed by atoms with Crippen LogP contribution in [-0.2, 0) is 11.3 Å². The average Bonchev–Trinajstić information content (AvgIpc) is 2.56. The quantitative estimate of drug-likeness (QED) is 0.240. The molecule has 0 radical (unpaired) electrons. The van der Waals surface area contributed by atoms with E-state index in [9.17, 15) is 0 Å². The monoisotopic (exact) mass is 467 g/mol. The fourth-order valence-electron chi connectivity index (χ4n) is 2.00. The molecule has 1 rings (SSSR count). The summed E-state index contributed by atoms with van der Waals surface area (Å²) in [5, 5.41) is 6.62. The predicted molar refractivity (Wildman–Crippen MR) is 115 cm³/mol. The van der Waals surface area contributed by atoms with Crippen LogP contribution in [0, 0.1) is 6.92 Å². The molecule has 0 aliphatic heterocycles. The molecule has 0 spiro atoms. The molecule has 0 heterocycles. The first-order valence-electron chi connectivity index (χ1n) is 7.86. The van der Waals surface area contributed by atoms with Gasteiger partial charge in [-0.1, -0.05) is 12.1 Å². The number of hydrogen-bond donors (Lipinski definition) is 2.